The van der Waals surface area contributed by atoms with E-state index in [9.17, 15) is 0 Å². The van der Waals surface area contributed by atoms with Gasteiger partial charge in [0.1, 0.15) is 0 Å². The van der Waals surface area contributed by atoms with Crippen molar-refractivity contribution in [3.8, 4) is 0 Å². The largest absolute Gasteiger partial charge is 0.270 e. The van der Waals surface area contributed by atoms with E-state index < -0.39 is 0 Å². The third kappa shape index (κ3) is 2.07. The third-order valence-electron chi connectivity index (χ3n) is 4.58. The standard InChI is InChI=1S/C14H21BrN2/c1-3-17-13(4-10(2)16-17)8-14(9-15)6-11-5-12(11)7-14/h4,11-12H,3,5-9H2,1-2H3. The molecule has 1 aromatic rings. The van der Waals surface area contributed by atoms with Gasteiger partial charge in [-0.3, -0.25) is 4.68 Å². The number of halogens is 1. The summed E-state index contributed by atoms with van der Waals surface area (Å²) in [6.45, 7) is 5.28. The van der Waals surface area contributed by atoms with Crippen LogP contribution in [0.4, 0.5) is 0 Å². The molecule has 0 radical (unpaired) electrons. The minimum absolute atomic E-state index is 0.521. The molecule has 2 aliphatic carbocycles. The highest BCUT2D eigenvalue weighted by atomic mass is 79.9. The van der Waals surface area contributed by atoms with E-state index >= 15 is 0 Å². The number of aryl methyl sites for hydroxylation is 2. The molecule has 1 heterocycles. The highest BCUT2D eigenvalue weighted by Crippen LogP contribution is 2.61. The minimum Gasteiger partial charge on any atom is -0.270 e. The highest BCUT2D eigenvalue weighted by Gasteiger charge is 2.53. The van der Waals surface area contributed by atoms with Gasteiger partial charge < -0.3 is 0 Å². The SMILES string of the molecule is CCn1nc(C)cc1CC1(CBr)CC2CC2C1. The van der Waals surface area contributed by atoms with Gasteiger partial charge in [0, 0.05) is 17.6 Å². The first-order valence-electron chi connectivity index (χ1n) is 6.75. The molecule has 3 heteroatoms. The summed E-state index contributed by atoms with van der Waals surface area (Å²) in [6, 6.07) is 2.28. The molecular weight excluding hydrogens is 276 g/mol. The van der Waals surface area contributed by atoms with E-state index in [-0.39, 0.29) is 0 Å². The van der Waals surface area contributed by atoms with Crippen LogP contribution < -0.4 is 0 Å². The van der Waals surface area contributed by atoms with Gasteiger partial charge >= 0.3 is 0 Å². The fourth-order valence-corrected chi connectivity index (χ4v) is 4.36. The van der Waals surface area contributed by atoms with Gasteiger partial charge in [-0.1, -0.05) is 15.9 Å². The Morgan fingerprint density at radius 2 is 2.18 bits per heavy atom. The lowest BCUT2D eigenvalue weighted by atomic mass is 9.81. The summed E-state index contributed by atoms with van der Waals surface area (Å²) in [4.78, 5) is 0. The zero-order valence-electron chi connectivity index (χ0n) is 10.7. The number of nitrogens with zero attached hydrogens (tertiary/aromatic N) is 2. The average Bonchev–Trinajstić information content (AvgIpc) is 2.78. The second kappa shape index (κ2) is 4.11. The molecule has 3 rings (SSSR count). The van der Waals surface area contributed by atoms with E-state index in [4.69, 9.17) is 0 Å². The first-order valence-corrected chi connectivity index (χ1v) is 7.87. The summed E-state index contributed by atoms with van der Waals surface area (Å²) in [7, 11) is 0. The van der Waals surface area contributed by atoms with Gasteiger partial charge in [0.05, 0.1) is 5.69 Å². The molecule has 0 N–H and O–H groups in total. The molecular formula is C14H21BrN2. The highest BCUT2D eigenvalue weighted by molar-refractivity contribution is 9.09. The average molecular weight is 297 g/mol. The Morgan fingerprint density at radius 3 is 2.76 bits per heavy atom. The van der Waals surface area contributed by atoms with Gasteiger partial charge in [0.15, 0.2) is 0 Å². The van der Waals surface area contributed by atoms with Gasteiger partial charge in [0.2, 0.25) is 0 Å². The zero-order chi connectivity index (χ0) is 12.0. The molecule has 2 saturated carbocycles. The van der Waals surface area contributed by atoms with E-state index in [0.717, 1.165) is 29.4 Å². The van der Waals surface area contributed by atoms with Crippen molar-refractivity contribution in [2.75, 3.05) is 5.33 Å². The van der Waals surface area contributed by atoms with Gasteiger partial charge in [-0.05, 0) is 62.8 Å². The van der Waals surface area contributed by atoms with Crippen molar-refractivity contribution in [1.82, 2.24) is 9.78 Å². The van der Waals surface area contributed by atoms with Gasteiger partial charge in [0.25, 0.3) is 0 Å². The maximum Gasteiger partial charge on any atom is 0.0596 e. The number of aromatic nitrogens is 2. The van der Waals surface area contributed by atoms with E-state index in [2.05, 4.69) is 45.6 Å². The summed E-state index contributed by atoms with van der Waals surface area (Å²) in [6.07, 6.45) is 5.56. The van der Waals surface area contributed by atoms with E-state index in [1.165, 1.54) is 31.4 Å². The Hall–Kier alpha value is -0.310. The normalized spacial score (nSPS) is 35.0. The maximum absolute atomic E-state index is 4.57. The van der Waals surface area contributed by atoms with Crippen LogP contribution in [0.25, 0.3) is 0 Å². The molecule has 0 bridgehead atoms. The quantitative estimate of drug-likeness (QED) is 0.777. The van der Waals surface area contributed by atoms with E-state index in [1.807, 2.05) is 0 Å². The predicted molar refractivity (Wildman–Crippen MR) is 73.4 cm³/mol. The lowest BCUT2D eigenvalue weighted by Crippen LogP contribution is -2.25. The molecule has 0 aliphatic heterocycles. The molecule has 2 aliphatic rings. The number of alkyl halides is 1. The van der Waals surface area contributed by atoms with Crippen molar-refractivity contribution < 1.29 is 0 Å². The third-order valence-corrected chi connectivity index (χ3v) is 5.77. The fourth-order valence-electron chi connectivity index (χ4n) is 3.71. The summed E-state index contributed by atoms with van der Waals surface area (Å²) >= 11 is 3.76. The van der Waals surface area contributed by atoms with Gasteiger partial charge in [-0.25, -0.2) is 0 Å². The van der Waals surface area contributed by atoms with Crippen LogP contribution >= 0.6 is 15.9 Å². The smallest absolute Gasteiger partial charge is 0.0596 e. The van der Waals surface area contributed by atoms with Crippen LogP contribution in [0.2, 0.25) is 0 Å². The Kier molecular flexibility index (Phi) is 2.85. The molecule has 0 aromatic carbocycles. The van der Waals surface area contributed by atoms with Gasteiger partial charge in [-0.2, -0.15) is 5.10 Å². The second-order valence-corrected chi connectivity index (χ2v) is 6.63. The van der Waals surface area contributed by atoms with E-state index in [0.29, 0.717) is 5.41 Å². The number of hydrogen-bond donors (Lipinski definition) is 0. The topological polar surface area (TPSA) is 17.8 Å². The van der Waals surface area contributed by atoms with Crippen molar-refractivity contribution in [1.29, 1.82) is 0 Å². The van der Waals surface area contributed by atoms with Crippen molar-refractivity contribution in [2.24, 2.45) is 17.3 Å². The first-order chi connectivity index (χ1) is 8.15. The van der Waals surface area contributed by atoms with E-state index in [1.54, 1.807) is 0 Å². The summed E-state index contributed by atoms with van der Waals surface area (Å²) < 4.78 is 2.18. The van der Waals surface area contributed by atoms with Crippen molar-refractivity contribution in [2.45, 2.75) is 46.1 Å². The second-order valence-electron chi connectivity index (χ2n) is 6.07. The Labute approximate surface area is 112 Å². The van der Waals surface area contributed by atoms with Crippen LogP contribution in [0.1, 0.15) is 37.6 Å². The molecule has 94 valence electrons. The Morgan fingerprint density at radius 1 is 1.47 bits per heavy atom. The molecule has 2 fully saturated rings. The molecule has 1 aromatic heterocycles. The number of rotatable bonds is 4. The molecule has 0 amide bonds. The van der Waals surface area contributed by atoms with Crippen LogP contribution in [0.3, 0.4) is 0 Å². The lowest BCUT2D eigenvalue weighted by Gasteiger charge is -2.28. The molecule has 0 spiro atoms. The lowest BCUT2D eigenvalue weighted by molar-refractivity contribution is 0.299. The van der Waals surface area contributed by atoms with Crippen molar-refractivity contribution >= 4 is 15.9 Å². The minimum atomic E-state index is 0.521. The number of fused-ring (bicyclic) bond motifs is 1. The van der Waals surface area contributed by atoms with Crippen molar-refractivity contribution in [3.05, 3.63) is 17.5 Å². The molecule has 17 heavy (non-hydrogen) atoms. The first kappa shape index (κ1) is 11.8. The zero-order valence-corrected chi connectivity index (χ0v) is 12.3. The van der Waals surface area contributed by atoms with Crippen LogP contribution in [0.5, 0.6) is 0 Å². The van der Waals surface area contributed by atoms with Crippen LogP contribution in [-0.2, 0) is 13.0 Å². The fraction of sp³-hybridized carbons (Fsp3) is 0.786. The number of hydrogen-bond acceptors (Lipinski definition) is 1. The van der Waals surface area contributed by atoms with Crippen molar-refractivity contribution in [3.63, 3.8) is 0 Å². The summed E-state index contributed by atoms with van der Waals surface area (Å²) in [5, 5.41) is 5.72. The maximum atomic E-state index is 4.57. The molecule has 2 unspecified atom stereocenters. The van der Waals surface area contributed by atoms with Gasteiger partial charge in [-0.15, -0.1) is 0 Å². The Bertz CT molecular complexity index is 414. The molecule has 0 saturated heterocycles. The predicted octanol–water partition coefficient (Wildman–Crippen LogP) is 3.57. The summed E-state index contributed by atoms with van der Waals surface area (Å²) in [5.74, 6) is 2.10. The molecule has 2 atom stereocenters. The van der Waals surface area contributed by atoms with Crippen LogP contribution in [-0.4, -0.2) is 15.1 Å². The van der Waals surface area contributed by atoms with Crippen LogP contribution in [0.15, 0.2) is 6.07 Å². The Balaban J connectivity index is 1.80. The summed E-state index contributed by atoms with van der Waals surface area (Å²) in [5.41, 5.74) is 3.12. The monoisotopic (exact) mass is 296 g/mol. The van der Waals surface area contributed by atoms with Crippen LogP contribution in [0, 0.1) is 24.2 Å². The molecule has 2 nitrogen and oxygen atoms in total.